The fourth-order valence-corrected chi connectivity index (χ4v) is 5.48. The molecule has 1 aliphatic heterocycles. The molecule has 4 aromatic carbocycles. The van der Waals surface area contributed by atoms with E-state index in [1.54, 1.807) is 11.8 Å². The Hall–Kier alpha value is -2.93. The predicted molar refractivity (Wildman–Crippen MR) is 147 cm³/mol. The molecule has 5 heteroatoms. The fraction of sp³-hybridized carbons (Fsp3) is 0.250. The van der Waals surface area contributed by atoms with Crippen molar-refractivity contribution in [2.75, 3.05) is 6.61 Å². The number of hydrogen-bond donors (Lipinski definition) is 0. The molecule has 0 amide bonds. The molecule has 0 saturated carbocycles. The van der Waals surface area contributed by atoms with Gasteiger partial charge in [-0.2, -0.15) is 0 Å². The molecule has 0 spiro atoms. The monoisotopic (exact) mass is 512 g/mol. The molecule has 0 aliphatic carbocycles. The van der Waals surface area contributed by atoms with Crippen LogP contribution in [0.2, 0.25) is 0 Å². The van der Waals surface area contributed by atoms with Crippen molar-refractivity contribution in [2.45, 2.75) is 48.5 Å². The van der Waals surface area contributed by atoms with Crippen LogP contribution in [0.1, 0.15) is 16.7 Å². The highest BCUT2D eigenvalue weighted by molar-refractivity contribution is 7.99. The third-order valence-electron chi connectivity index (χ3n) is 6.23. The Balaban J connectivity index is 1.33. The van der Waals surface area contributed by atoms with Crippen LogP contribution in [0.3, 0.4) is 0 Å². The van der Waals surface area contributed by atoms with E-state index in [1.165, 1.54) is 0 Å². The summed E-state index contributed by atoms with van der Waals surface area (Å²) in [5, 5.41) is 0. The van der Waals surface area contributed by atoms with E-state index in [2.05, 4.69) is 48.5 Å². The minimum absolute atomic E-state index is 0.225. The van der Waals surface area contributed by atoms with Gasteiger partial charge in [0.2, 0.25) is 0 Å². The highest BCUT2D eigenvalue weighted by Gasteiger charge is 2.47. The highest BCUT2D eigenvalue weighted by atomic mass is 32.2. The second-order valence-corrected chi connectivity index (χ2v) is 10.2. The summed E-state index contributed by atoms with van der Waals surface area (Å²) in [6, 6.07) is 41.0. The third-order valence-corrected chi connectivity index (χ3v) is 7.38. The summed E-state index contributed by atoms with van der Waals surface area (Å²) in [6.07, 6.45) is -0.797. The van der Waals surface area contributed by atoms with E-state index in [4.69, 9.17) is 18.9 Å². The van der Waals surface area contributed by atoms with Gasteiger partial charge in [-0.3, -0.25) is 0 Å². The third kappa shape index (κ3) is 7.54. The van der Waals surface area contributed by atoms with Crippen molar-refractivity contribution in [1.82, 2.24) is 0 Å². The molecule has 4 aromatic rings. The van der Waals surface area contributed by atoms with E-state index in [9.17, 15) is 0 Å². The van der Waals surface area contributed by atoms with Crippen LogP contribution in [-0.4, -0.2) is 30.4 Å². The number of hydrogen-bond acceptors (Lipinski definition) is 5. The standard InChI is InChI=1S/C32H32O4S/c1-5-13-25(14-6-1)21-33-24-29-30(34-22-26-15-7-2-8-16-26)31(35-23-27-17-9-3-10-18-27)32(36-29)37-28-19-11-4-12-20-28/h1-20,29-32H,21-24H2/t29-,30?,31?,32+/m1/s1. The molecule has 1 fully saturated rings. The van der Waals surface area contributed by atoms with Gasteiger partial charge in [-0.05, 0) is 28.8 Å². The van der Waals surface area contributed by atoms with E-state index >= 15 is 0 Å². The first-order valence-corrected chi connectivity index (χ1v) is 13.5. The van der Waals surface area contributed by atoms with E-state index in [0.29, 0.717) is 26.4 Å². The molecular formula is C32H32O4S. The molecule has 1 aliphatic rings. The second kappa shape index (κ2) is 13.6. The summed E-state index contributed by atoms with van der Waals surface area (Å²) in [5.74, 6) is 0. The minimum Gasteiger partial charge on any atom is -0.374 e. The van der Waals surface area contributed by atoms with E-state index in [1.807, 2.05) is 72.8 Å². The van der Waals surface area contributed by atoms with E-state index in [-0.39, 0.29) is 23.7 Å². The summed E-state index contributed by atoms with van der Waals surface area (Å²) < 4.78 is 25.8. The average Bonchev–Trinajstić information content (AvgIpc) is 3.28. The van der Waals surface area contributed by atoms with Crippen molar-refractivity contribution in [3.63, 3.8) is 0 Å². The number of rotatable bonds is 12. The van der Waals surface area contributed by atoms with Gasteiger partial charge in [-0.15, -0.1) is 0 Å². The topological polar surface area (TPSA) is 36.9 Å². The van der Waals surface area contributed by atoms with Gasteiger partial charge in [-0.1, -0.05) is 121 Å². The van der Waals surface area contributed by atoms with Gasteiger partial charge in [0.25, 0.3) is 0 Å². The average molecular weight is 513 g/mol. The first kappa shape index (κ1) is 25.7. The van der Waals surface area contributed by atoms with Crippen LogP contribution in [0.5, 0.6) is 0 Å². The maximum Gasteiger partial charge on any atom is 0.137 e. The van der Waals surface area contributed by atoms with Gasteiger partial charge < -0.3 is 18.9 Å². The fourth-order valence-electron chi connectivity index (χ4n) is 4.33. The lowest BCUT2D eigenvalue weighted by Crippen LogP contribution is -2.38. The molecule has 190 valence electrons. The van der Waals surface area contributed by atoms with Crippen LogP contribution >= 0.6 is 11.8 Å². The molecule has 0 aromatic heterocycles. The van der Waals surface area contributed by atoms with Gasteiger partial charge in [0.15, 0.2) is 0 Å². The molecule has 0 radical (unpaired) electrons. The quantitative estimate of drug-likeness (QED) is 0.207. The zero-order valence-electron chi connectivity index (χ0n) is 20.7. The molecule has 37 heavy (non-hydrogen) atoms. The minimum atomic E-state index is -0.277. The zero-order valence-corrected chi connectivity index (χ0v) is 21.5. The lowest BCUT2D eigenvalue weighted by molar-refractivity contribution is -0.0895. The second-order valence-electron chi connectivity index (χ2n) is 9.00. The first-order valence-electron chi connectivity index (χ1n) is 12.6. The molecular weight excluding hydrogens is 480 g/mol. The molecule has 4 nitrogen and oxygen atoms in total. The van der Waals surface area contributed by atoms with Crippen molar-refractivity contribution in [1.29, 1.82) is 0 Å². The van der Waals surface area contributed by atoms with Crippen LogP contribution < -0.4 is 0 Å². The van der Waals surface area contributed by atoms with Gasteiger partial charge in [-0.25, -0.2) is 0 Å². The van der Waals surface area contributed by atoms with Gasteiger partial charge in [0.1, 0.15) is 23.7 Å². The van der Waals surface area contributed by atoms with Crippen LogP contribution in [0.15, 0.2) is 126 Å². The molecule has 0 bridgehead atoms. The number of benzene rings is 4. The Bertz CT molecular complexity index is 1170. The molecule has 2 unspecified atom stereocenters. The van der Waals surface area contributed by atoms with Gasteiger partial charge in [0, 0.05) is 4.90 Å². The number of ether oxygens (including phenoxy) is 4. The Morgan fingerprint density at radius 3 is 1.54 bits per heavy atom. The molecule has 0 N–H and O–H groups in total. The summed E-state index contributed by atoms with van der Waals surface area (Å²) in [4.78, 5) is 1.13. The normalized spacial score (nSPS) is 21.2. The van der Waals surface area contributed by atoms with E-state index < -0.39 is 0 Å². The highest BCUT2D eigenvalue weighted by Crippen LogP contribution is 2.38. The van der Waals surface area contributed by atoms with Crippen molar-refractivity contribution in [3.05, 3.63) is 138 Å². The first-order chi connectivity index (χ1) is 18.3. The molecule has 5 rings (SSSR count). The summed E-state index contributed by atoms with van der Waals surface area (Å²) >= 11 is 1.67. The smallest absolute Gasteiger partial charge is 0.137 e. The Morgan fingerprint density at radius 1 is 0.541 bits per heavy atom. The molecule has 1 heterocycles. The number of thioether (sulfide) groups is 1. The Labute approximate surface area is 223 Å². The molecule has 4 atom stereocenters. The van der Waals surface area contributed by atoms with Crippen molar-refractivity contribution >= 4 is 11.8 Å². The predicted octanol–water partition coefficient (Wildman–Crippen LogP) is 6.89. The van der Waals surface area contributed by atoms with Crippen LogP contribution in [0, 0.1) is 0 Å². The van der Waals surface area contributed by atoms with Crippen molar-refractivity contribution in [2.24, 2.45) is 0 Å². The van der Waals surface area contributed by atoms with Crippen LogP contribution in [-0.2, 0) is 38.8 Å². The SMILES string of the molecule is c1ccc(COC[C@H]2O[C@@H](Sc3ccccc3)C(OCc3ccccc3)C2OCc2ccccc2)cc1. The summed E-state index contributed by atoms with van der Waals surface area (Å²) in [5.41, 5.74) is 3.15. The Kier molecular flexibility index (Phi) is 9.43. The van der Waals surface area contributed by atoms with Gasteiger partial charge >= 0.3 is 0 Å². The lowest BCUT2D eigenvalue weighted by atomic mass is 10.1. The van der Waals surface area contributed by atoms with E-state index in [0.717, 1.165) is 21.6 Å². The lowest BCUT2D eigenvalue weighted by Gasteiger charge is -2.25. The zero-order chi connectivity index (χ0) is 25.1. The van der Waals surface area contributed by atoms with Crippen LogP contribution in [0.25, 0.3) is 0 Å². The summed E-state index contributed by atoms with van der Waals surface area (Å²) in [6.45, 7) is 1.92. The maximum absolute atomic E-state index is 6.59. The molecule has 1 saturated heterocycles. The van der Waals surface area contributed by atoms with Crippen molar-refractivity contribution < 1.29 is 18.9 Å². The Morgan fingerprint density at radius 2 is 1.00 bits per heavy atom. The maximum atomic E-state index is 6.59. The van der Waals surface area contributed by atoms with Gasteiger partial charge in [0.05, 0.1) is 26.4 Å². The largest absolute Gasteiger partial charge is 0.374 e. The van der Waals surface area contributed by atoms with Crippen LogP contribution in [0.4, 0.5) is 0 Å². The summed E-state index contributed by atoms with van der Waals surface area (Å²) in [7, 11) is 0. The van der Waals surface area contributed by atoms with Crippen molar-refractivity contribution in [3.8, 4) is 0 Å².